The fourth-order valence-electron chi connectivity index (χ4n) is 0.369. The van der Waals surface area contributed by atoms with E-state index < -0.39 is 13.8 Å². The van der Waals surface area contributed by atoms with Crippen molar-refractivity contribution >= 4 is 13.8 Å². The van der Waals surface area contributed by atoms with Gasteiger partial charge in [-0.15, -0.1) is 0 Å². The monoisotopic (exact) mass is 208 g/mol. The maximum atomic E-state index is 10.2. The average molecular weight is 208 g/mol. The Morgan fingerprint density at radius 1 is 1.46 bits per heavy atom. The van der Waals surface area contributed by atoms with Crippen LogP contribution in [0, 0.1) is 0 Å². The molecule has 0 radical (unpaired) electrons. The highest BCUT2D eigenvalue weighted by molar-refractivity contribution is 7.46. The maximum Gasteiger partial charge on any atom is 0.524 e. The fourth-order valence-corrected chi connectivity index (χ4v) is 0.598. The van der Waals surface area contributed by atoms with Crippen LogP contribution in [0.15, 0.2) is 24.0 Å². The van der Waals surface area contributed by atoms with Gasteiger partial charge >= 0.3 is 13.8 Å². The first-order valence-electron chi connectivity index (χ1n) is 3.13. The highest BCUT2D eigenvalue weighted by Crippen LogP contribution is 2.35. The minimum Gasteiger partial charge on any atom is -0.478 e. The average Bonchev–Trinajstić information content (AvgIpc) is 1.95. The molecule has 0 aromatic carbocycles. The molecule has 0 aromatic heterocycles. The van der Waals surface area contributed by atoms with Crippen molar-refractivity contribution in [2.75, 3.05) is 0 Å². The van der Waals surface area contributed by atoms with Gasteiger partial charge in [0.1, 0.15) is 0 Å². The van der Waals surface area contributed by atoms with Crippen molar-refractivity contribution in [3.8, 4) is 0 Å². The van der Waals surface area contributed by atoms with Gasteiger partial charge in [-0.1, -0.05) is 0 Å². The van der Waals surface area contributed by atoms with E-state index in [1.165, 1.54) is 6.92 Å². The van der Waals surface area contributed by atoms with E-state index >= 15 is 0 Å². The van der Waals surface area contributed by atoms with Crippen LogP contribution in [0.1, 0.15) is 6.92 Å². The molecule has 7 heteroatoms. The molecule has 0 heterocycles. The second-order valence-electron chi connectivity index (χ2n) is 2.08. The highest BCUT2D eigenvalue weighted by Gasteiger charge is 2.10. The predicted octanol–water partition coefficient (Wildman–Crippen LogP) is 0.640. The van der Waals surface area contributed by atoms with Crippen molar-refractivity contribution in [1.29, 1.82) is 0 Å². The molecule has 0 aliphatic rings. The van der Waals surface area contributed by atoms with E-state index in [0.29, 0.717) is 0 Å². The van der Waals surface area contributed by atoms with Crippen molar-refractivity contribution in [1.82, 2.24) is 0 Å². The Morgan fingerprint density at radius 2 is 2.00 bits per heavy atom. The van der Waals surface area contributed by atoms with Gasteiger partial charge in [0, 0.05) is 5.57 Å². The van der Waals surface area contributed by atoms with E-state index in [0.717, 1.165) is 18.4 Å². The van der Waals surface area contributed by atoms with E-state index in [-0.39, 0.29) is 5.57 Å². The zero-order chi connectivity index (χ0) is 10.5. The smallest absolute Gasteiger partial charge is 0.478 e. The molecule has 0 saturated heterocycles. The van der Waals surface area contributed by atoms with E-state index in [4.69, 9.17) is 14.9 Å². The lowest BCUT2D eigenvalue weighted by Crippen LogP contribution is -1.94. The molecular weight excluding hydrogens is 199 g/mol. The minimum absolute atomic E-state index is 0.0329. The summed E-state index contributed by atoms with van der Waals surface area (Å²) in [6.07, 6.45) is 2.97. The van der Waals surface area contributed by atoms with Crippen LogP contribution < -0.4 is 0 Å². The maximum absolute atomic E-state index is 10.2. The zero-order valence-electron chi connectivity index (χ0n) is 6.75. The molecule has 74 valence electrons. The highest BCUT2D eigenvalue weighted by atomic mass is 31.2. The number of hydrogen-bond acceptors (Lipinski definition) is 3. The Bertz CT molecular complexity index is 285. The van der Waals surface area contributed by atoms with Gasteiger partial charge in [-0.3, -0.25) is 9.79 Å². The van der Waals surface area contributed by atoms with Gasteiger partial charge in [0.25, 0.3) is 0 Å². The van der Waals surface area contributed by atoms with Crippen LogP contribution in [0.4, 0.5) is 0 Å². The second-order valence-corrected chi connectivity index (χ2v) is 3.27. The third-order valence-corrected chi connectivity index (χ3v) is 1.36. The van der Waals surface area contributed by atoms with Crippen molar-refractivity contribution in [2.24, 2.45) is 0 Å². The Hall–Kier alpha value is -1.10. The molecule has 0 rings (SSSR count). The molecule has 0 fully saturated rings. The number of phosphoric acid groups is 1. The summed E-state index contributed by atoms with van der Waals surface area (Å²) in [5.74, 6) is -1.11. The topological polar surface area (TPSA) is 104 Å². The number of carbonyl (C=O) groups is 1. The normalized spacial score (nSPS) is 13.3. The zero-order valence-corrected chi connectivity index (χ0v) is 7.64. The minimum atomic E-state index is -4.51. The molecule has 6 nitrogen and oxygen atoms in total. The lowest BCUT2D eigenvalue weighted by Gasteiger charge is -1.98. The molecule has 0 saturated carbocycles. The number of phosphoric ester groups is 1. The number of hydrogen-bond donors (Lipinski definition) is 3. The van der Waals surface area contributed by atoms with Gasteiger partial charge in [0.2, 0.25) is 0 Å². The third-order valence-electron chi connectivity index (χ3n) is 0.960. The standard InChI is InChI=1S/C6H9O6P/c1-5(6(7)8)3-2-4-12-13(9,10)11/h2-4H,1H3,(H,7,8)(H2,9,10,11). The van der Waals surface area contributed by atoms with Gasteiger partial charge < -0.3 is 9.63 Å². The quantitative estimate of drug-likeness (QED) is 0.271. The first-order valence-corrected chi connectivity index (χ1v) is 4.66. The van der Waals surface area contributed by atoms with Gasteiger partial charge in [0.05, 0.1) is 6.26 Å². The number of rotatable bonds is 4. The summed E-state index contributed by atoms with van der Waals surface area (Å²) in [4.78, 5) is 26.6. The molecule has 0 unspecified atom stereocenters. The van der Waals surface area contributed by atoms with Crippen molar-refractivity contribution < 1.29 is 28.8 Å². The van der Waals surface area contributed by atoms with Gasteiger partial charge in [-0.25, -0.2) is 9.36 Å². The summed E-state index contributed by atoms with van der Waals surface area (Å²) in [7, 11) is -4.51. The molecule has 0 amide bonds. The summed E-state index contributed by atoms with van der Waals surface area (Å²) in [6.45, 7) is 1.34. The van der Waals surface area contributed by atoms with Gasteiger partial charge in [-0.2, -0.15) is 0 Å². The Labute approximate surface area is 74.4 Å². The summed E-state index contributed by atoms with van der Waals surface area (Å²) >= 11 is 0. The van der Waals surface area contributed by atoms with Crippen LogP contribution in [0.5, 0.6) is 0 Å². The molecule has 0 aromatic rings. The molecule has 0 bridgehead atoms. The van der Waals surface area contributed by atoms with Crippen LogP contribution >= 0.6 is 7.82 Å². The first-order chi connectivity index (χ1) is 5.83. The molecule has 3 N–H and O–H groups in total. The predicted molar refractivity (Wildman–Crippen MR) is 43.7 cm³/mol. The molecule has 0 atom stereocenters. The Morgan fingerprint density at radius 3 is 2.38 bits per heavy atom. The molecule has 0 aliphatic carbocycles. The van der Waals surface area contributed by atoms with Crippen LogP contribution in [0.25, 0.3) is 0 Å². The van der Waals surface area contributed by atoms with Crippen LogP contribution in [-0.4, -0.2) is 20.9 Å². The van der Waals surface area contributed by atoms with Crippen LogP contribution in [0.2, 0.25) is 0 Å². The van der Waals surface area contributed by atoms with Gasteiger partial charge in [-0.05, 0) is 19.1 Å². The van der Waals surface area contributed by atoms with E-state index in [2.05, 4.69) is 4.52 Å². The summed E-state index contributed by atoms with van der Waals surface area (Å²) in [5.41, 5.74) is 0.0329. The molecule has 0 aliphatic heterocycles. The Balaban J connectivity index is 4.10. The second kappa shape index (κ2) is 4.81. The van der Waals surface area contributed by atoms with Crippen LogP contribution in [0.3, 0.4) is 0 Å². The third kappa shape index (κ3) is 7.27. The van der Waals surface area contributed by atoms with Crippen molar-refractivity contribution in [3.63, 3.8) is 0 Å². The van der Waals surface area contributed by atoms with E-state index in [9.17, 15) is 9.36 Å². The largest absolute Gasteiger partial charge is 0.524 e. The molecule has 0 spiro atoms. The Kier molecular flexibility index (Phi) is 4.40. The number of aliphatic carboxylic acids is 1. The fraction of sp³-hybridized carbons (Fsp3) is 0.167. The molecular formula is C6H9O6P. The lowest BCUT2D eigenvalue weighted by molar-refractivity contribution is -0.132. The first kappa shape index (κ1) is 11.9. The van der Waals surface area contributed by atoms with Crippen LogP contribution in [-0.2, 0) is 13.9 Å². The van der Waals surface area contributed by atoms with Crippen molar-refractivity contribution in [3.05, 3.63) is 24.0 Å². The van der Waals surface area contributed by atoms with Gasteiger partial charge in [0.15, 0.2) is 0 Å². The SMILES string of the molecule is CC(=CC=COP(=O)(O)O)C(=O)O. The summed E-state index contributed by atoms with van der Waals surface area (Å²) in [5, 5.41) is 8.34. The lowest BCUT2D eigenvalue weighted by atomic mass is 10.3. The molecule has 13 heavy (non-hydrogen) atoms. The number of carboxylic acid groups (broad SMARTS) is 1. The number of carboxylic acids is 1. The summed E-state index contributed by atoms with van der Waals surface area (Å²) in [6, 6.07) is 0. The summed E-state index contributed by atoms with van der Waals surface area (Å²) < 4.78 is 14.0. The van der Waals surface area contributed by atoms with E-state index in [1.807, 2.05) is 0 Å². The van der Waals surface area contributed by atoms with Crippen molar-refractivity contribution in [2.45, 2.75) is 6.92 Å². The van der Waals surface area contributed by atoms with E-state index in [1.54, 1.807) is 0 Å². The number of allylic oxidation sites excluding steroid dienone is 2.